The molecule has 1 aromatic carbocycles. The van der Waals surface area contributed by atoms with Crippen molar-refractivity contribution in [2.75, 3.05) is 13.7 Å². The number of methoxy groups -OCH3 is 1. The van der Waals surface area contributed by atoms with Gasteiger partial charge in [-0.3, -0.25) is 0 Å². The second-order valence-electron chi connectivity index (χ2n) is 5.20. The minimum absolute atomic E-state index is 0.313. The first-order chi connectivity index (χ1) is 8.63. The summed E-state index contributed by atoms with van der Waals surface area (Å²) in [6.07, 6.45) is 4.61. The van der Waals surface area contributed by atoms with E-state index in [1.165, 1.54) is 30.4 Å². The normalized spacial score (nSPS) is 19.8. The van der Waals surface area contributed by atoms with E-state index in [1.807, 2.05) is 6.07 Å². The molecular formula is C15H23NO2. The lowest BCUT2D eigenvalue weighted by Gasteiger charge is -2.25. The number of hydrogen-bond donors (Lipinski definition) is 2. The van der Waals surface area contributed by atoms with Gasteiger partial charge in [-0.15, -0.1) is 0 Å². The predicted octanol–water partition coefficient (Wildman–Crippen LogP) is 2.70. The van der Waals surface area contributed by atoms with Crippen molar-refractivity contribution in [3.05, 3.63) is 22.8 Å². The van der Waals surface area contributed by atoms with Gasteiger partial charge >= 0.3 is 0 Å². The van der Waals surface area contributed by atoms with Crippen LogP contribution in [0.15, 0.2) is 6.07 Å². The zero-order chi connectivity index (χ0) is 13.1. The molecule has 18 heavy (non-hydrogen) atoms. The first kappa shape index (κ1) is 13.2. The van der Waals surface area contributed by atoms with Gasteiger partial charge in [-0.05, 0) is 56.8 Å². The first-order valence-corrected chi connectivity index (χ1v) is 6.73. The highest BCUT2D eigenvalue weighted by molar-refractivity contribution is 5.53. The average molecular weight is 249 g/mol. The third-order valence-corrected chi connectivity index (χ3v) is 3.99. The van der Waals surface area contributed by atoms with Crippen LogP contribution in [-0.4, -0.2) is 24.8 Å². The summed E-state index contributed by atoms with van der Waals surface area (Å²) < 4.78 is 5.24. The van der Waals surface area contributed by atoms with Crippen LogP contribution in [0.1, 0.15) is 36.0 Å². The van der Waals surface area contributed by atoms with E-state index >= 15 is 0 Å². The molecule has 0 bridgehead atoms. The molecule has 1 unspecified atom stereocenters. The molecule has 1 aliphatic rings. The van der Waals surface area contributed by atoms with E-state index in [2.05, 4.69) is 19.2 Å². The van der Waals surface area contributed by atoms with E-state index in [9.17, 15) is 5.11 Å². The number of ether oxygens (including phenoxy) is 1. The number of aromatic hydroxyl groups is 1. The van der Waals surface area contributed by atoms with Crippen molar-refractivity contribution in [2.45, 2.75) is 45.6 Å². The summed E-state index contributed by atoms with van der Waals surface area (Å²) in [6, 6.07) is 2.39. The number of benzene rings is 1. The Morgan fingerprint density at radius 3 is 2.78 bits per heavy atom. The Morgan fingerprint density at radius 1 is 1.39 bits per heavy atom. The van der Waals surface area contributed by atoms with Crippen molar-refractivity contribution in [3.63, 3.8) is 0 Å². The smallest absolute Gasteiger partial charge is 0.161 e. The topological polar surface area (TPSA) is 41.5 Å². The van der Waals surface area contributed by atoms with Crippen molar-refractivity contribution in [1.29, 1.82) is 0 Å². The van der Waals surface area contributed by atoms with Crippen LogP contribution < -0.4 is 10.1 Å². The molecule has 0 aromatic heterocycles. The zero-order valence-electron chi connectivity index (χ0n) is 11.5. The molecule has 0 aliphatic carbocycles. The minimum atomic E-state index is 0.313. The molecule has 1 saturated heterocycles. The van der Waals surface area contributed by atoms with Gasteiger partial charge in [-0.1, -0.05) is 6.42 Å². The van der Waals surface area contributed by atoms with E-state index in [0.29, 0.717) is 17.5 Å². The van der Waals surface area contributed by atoms with E-state index in [1.54, 1.807) is 7.11 Å². The quantitative estimate of drug-likeness (QED) is 0.865. The van der Waals surface area contributed by atoms with E-state index in [0.717, 1.165) is 18.5 Å². The van der Waals surface area contributed by atoms with Crippen molar-refractivity contribution in [3.8, 4) is 11.5 Å². The average Bonchev–Trinajstić information content (AvgIpc) is 2.40. The molecule has 1 atom stereocenters. The van der Waals surface area contributed by atoms with Crippen LogP contribution >= 0.6 is 0 Å². The Bertz CT molecular complexity index is 423. The Kier molecular flexibility index (Phi) is 4.12. The van der Waals surface area contributed by atoms with Crippen molar-refractivity contribution >= 4 is 0 Å². The van der Waals surface area contributed by atoms with E-state index in [-0.39, 0.29) is 0 Å². The van der Waals surface area contributed by atoms with Gasteiger partial charge in [0.15, 0.2) is 11.5 Å². The molecule has 0 saturated carbocycles. The fraction of sp³-hybridized carbons (Fsp3) is 0.600. The number of piperidine rings is 1. The third kappa shape index (κ3) is 2.61. The summed E-state index contributed by atoms with van der Waals surface area (Å²) in [5, 5.41) is 13.8. The second kappa shape index (κ2) is 5.61. The summed E-state index contributed by atoms with van der Waals surface area (Å²) in [7, 11) is 1.60. The molecule has 3 nitrogen and oxygen atoms in total. The van der Waals surface area contributed by atoms with Crippen molar-refractivity contribution < 1.29 is 9.84 Å². The maximum absolute atomic E-state index is 10.3. The van der Waals surface area contributed by atoms with Crippen LogP contribution in [0.2, 0.25) is 0 Å². The Hall–Kier alpha value is -1.22. The van der Waals surface area contributed by atoms with Gasteiger partial charge in [0.05, 0.1) is 7.11 Å². The molecule has 1 fully saturated rings. The highest BCUT2D eigenvalue weighted by atomic mass is 16.5. The molecule has 3 heteroatoms. The number of rotatable bonds is 3. The Balaban J connectivity index is 2.27. The van der Waals surface area contributed by atoms with Crippen LogP contribution in [0.25, 0.3) is 0 Å². The van der Waals surface area contributed by atoms with Gasteiger partial charge in [0.2, 0.25) is 0 Å². The van der Waals surface area contributed by atoms with Gasteiger partial charge in [0.25, 0.3) is 0 Å². The number of phenolic OH excluding ortho intramolecular Hbond substituents is 1. The van der Waals surface area contributed by atoms with E-state index < -0.39 is 0 Å². The van der Waals surface area contributed by atoms with E-state index in [4.69, 9.17) is 4.74 Å². The first-order valence-electron chi connectivity index (χ1n) is 6.73. The SMILES string of the molecule is COc1cc(C)c(C)c(CC2CCCCN2)c1O. The number of phenols is 1. The van der Waals surface area contributed by atoms with Gasteiger partial charge in [-0.25, -0.2) is 0 Å². The summed E-state index contributed by atoms with van der Waals surface area (Å²) in [6.45, 7) is 5.23. The van der Waals surface area contributed by atoms with Crippen LogP contribution in [0.3, 0.4) is 0 Å². The molecule has 1 aliphatic heterocycles. The molecule has 0 spiro atoms. The maximum Gasteiger partial charge on any atom is 0.161 e. The van der Waals surface area contributed by atoms with Gasteiger partial charge in [0, 0.05) is 11.6 Å². The number of hydrogen-bond acceptors (Lipinski definition) is 3. The van der Waals surface area contributed by atoms with Gasteiger partial charge in [-0.2, -0.15) is 0 Å². The molecule has 2 rings (SSSR count). The standard InChI is InChI=1S/C15H23NO2/c1-10-8-14(18-3)15(17)13(11(10)2)9-12-6-4-5-7-16-12/h8,12,16-17H,4-7,9H2,1-3H3. The second-order valence-corrected chi connectivity index (χ2v) is 5.20. The Morgan fingerprint density at radius 2 is 2.17 bits per heavy atom. The molecule has 0 radical (unpaired) electrons. The van der Waals surface area contributed by atoms with Gasteiger partial charge < -0.3 is 15.2 Å². The summed E-state index contributed by atoms with van der Waals surface area (Å²) in [5.74, 6) is 0.900. The lowest BCUT2D eigenvalue weighted by atomic mass is 9.92. The molecule has 100 valence electrons. The fourth-order valence-electron chi connectivity index (χ4n) is 2.69. The molecule has 0 amide bonds. The fourth-order valence-corrected chi connectivity index (χ4v) is 2.69. The maximum atomic E-state index is 10.3. The lowest BCUT2D eigenvalue weighted by molar-refractivity contribution is 0.361. The Labute approximate surface area is 109 Å². The number of nitrogens with one attached hydrogen (secondary N) is 1. The monoisotopic (exact) mass is 249 g/mol. The largest absolute Gasteiger partial charge is 0.504 e. The van der Waals surface area contributed by atoms with Crippen LogP contribution in [0.5, 0.6) is 11.5 Å². The van der Waals surface area contributed by atoms with Crippen molar-refractivity contribution in [2.24, 2.45) is 0 Å². The minimum Gasteiger partial charge on any atom is -0.504 e. The summed E-state index contributed by atoms with van der Waals surface area (Å²) in [5.41, 5.74) is 3.39. The number of aryl methyl sites for hydroxylation is 1. The van der Waals surface area contributed by atoms with Crippen molar-refractivity contribution in [1.82, 2.24) is 5.32 Å². The highest BCUT2D eigenvalue weighted by Gasteiger charge is 2.19. The third-order valence-electron chi connectivity index (χ3n) is 3.99. The highest BCUT2D eigenvalue weighted by Crippen LogP contribution is 2.35. The predicted molar refractivity (Wildman–Crippen MR) is 73.5 cm³/mol. The molecule has 1 heterocycles. The summed E-state index contributed by atoms with van der Waals surface area (Å²) in [4.78, 5) is 0. The van der Waals surface area contributed by atoms with Crippen LogP contribution in [0, 0.1) is 13.8 Å². The molecular weight excluding hydrogens is 226 g/mol. The molecule has 2 N–H and O–H groups in total. The van der Waals surface area contributed by atoms with Crippen LogP contribution in [0.4, 0.5) is 0 Å². The molecule has 1 aromatic rings. The van der Waals surface area contributed by atoms with Crippen LogP contribution in [-0.2, 0) is 6.42 Å². The zero-order valence-corrected chi connectivity index (χ0v) is 11.5. The summed E-state index contributed by atoms with van der Waals surface area (Å²) >= 11 is 0. The van der Waals surface area contributed by atoms with Gasteiger partial charge in [0.1, 0.15) is 0 Å². The lowest BCUT2D eigenvalue weighted by Crippen LogP contribution is -2.35.